The number of likely N-dealkylation sites (N-methyl/N-ethyl adjacent to an activating group) is 1. The molecule has 0 aliphatic carbocycles. The number of piperazine rings is 1. The molecule has 0 amide bonds. The van der Waals surface area contributed by atoms with Gasteiger partial charge in [0.2, 0.25) is 0 Å². The molecule has 2 N–H and O–H groups in total. The Morgan fingerprint density at radius 1 is 1.13 bits per heavy atom. The minimum atomic E-state index is -3.20. The largest absolute Gasteiger partial charge is 0.357 e. The first kappa shape index (κ1) is 28.1. The van der Waals surface area contributed by atoms with E-state index in [1.807, 2.05) is 6.92 Å². The lowest BCUT2D eigenvalue weighted by Crippen LogP contribution is -2.44. The van der Waals surface area contributed by atoms with Crippen molar-refractivity contribution >= 4 is 39.8 Å². The Kier molecular flexibility index (Phi) is 12.9. The normalized spacial score (nSPS) is 16.1. The van der Waals surface area contributed by atoms with Gasteiger partial charge < -0.3 is 20.4 Å². The highest BCUT2D eigenvalue weighted by atomic mass is 127. The minimum Gasteiger partial charge on any atom is -0.357 e. The van der Waals surface area contributed by atoms with Crippen molar-refractivity contribution in [2.24, 2.45) is 4.99 Å². The molecule has 1 aliphatic heterocycles. The Morgan fingerprint density at radius 3 is 2.48 bits per heavy atom. The van der Waals surface area contributed by atoms with E-state index in [4.69, 9.17) is 0 Å². The van der Waals surface area contributed by atoms with Crippen LogP contribution in [0.5, 0.6) is 0 Å². The molecule has 10 heteroatoms. The molecule has 1 heterocycles. The van der Waals surface area contributed by atoms with Gasteiger partial charge in [0, 0.05) is 45.5 Å². The molecular formula is C21H37FIN5O2S. The third-order valence-corrected chi connectivity index (χ3v) is 5.96. The predicted molar refractivity (Wildman–Crippen MR) is 136 cm³/mol. The summed E-state index contributed by atoms with van der Waals surface area (Å²) in [6, 6.07) is 4.18. The molecule has 1 aliphatic rings. The van der Waals surface area contributed by atoms with Gasteiger partial charge in [0.15, 0.2) is 15.8 Å². The van der Waals surface area contributed by atoms with Gasteiger partial charge in [0.05, 0.1) is 12.3 Å². The number of hydrogen-bond donors (Lipinski definition) is 2. The quantitative estimate of drug-likeness (QED) is 0.195. The highest BCUT2D eigenvalue weighted by molar-refractivity contribution is 14.0. The van der Waals surface area contributed by atoms with Crippen molar-refractivity contribution in [3.05, 3.63) is 35.1 Å². The van der Waals surface area contributed by atoms with Crippen LogP contribution in [0.3, 0.4) is 0 Å². The number of halogens is 2. The fraction of sp³-hybridized carbons (Fsp3) is 0.667. The fourth-order valence-corrected chi connectivity index (χ4v) is 4.26. The van der Waals surface area contributed by atoms with E-state index in [9.17, 15) is 12.8 Å². The van der Waals surface area contributed by atoms with Crippen LogP contribution < -0.4 is 10.6 Å². The van der Waals surface area contributed by atoms with E-state index in [-0.39, 0.29) is 42.1 Å². The number of rotatable bonds is 10. The molecule has 7 nitrogen and oxygen atoms in total. The Balaban J connectivity index is 0.00000480. The molecule has 1 fully saturated rings. The van der Waals surface area contributed by atoms with E-state index in [2.05, 4.69) is 32.5 Å². The maximum absolute atomic E-state index is 13.7. The Morgan fingerprint density at radius 2 is 1.84 bits per heavy atom. The van der Waals surface area contributed by atoms with E-state index >= 15 is 0 Å². The van der Waals surface area contributed by atoms with E-state index in [0.29, 0.717) is 23.6 Å². The maximum atomic E-state index is 13.7. The van der Waals surface area contributed by atoms with Crippen LogP contribution in [0.2, 0.25) is 0 Å². The van der Waals surface area contributed by atoms with Crippen LogP contribution in [0.25, 0.3) is 0 Å². The van der Waals surface area contributed by atoms with Gasteiger partial charge in [-0.2, -0.15) is 0 Å². The molecule has 0 saturated carbocycles. The zero-order valence-corrected chi connectivity index (χ0v) is 22.0. The van der Waals surface area contributed by atoms with E-state index in [1.165, 1.54) is 24.5 Å². The molecule has 2 rings (SSSR count). The van der Waals surface area contributed by atoms with Crippen molar-refractivity contribution in [3.8, 4) is 0 Å². The molecule has 1 aromatic rings. The summed E-state index contributed by atoms with van der Waals surface area (Å²) in [6.07, 6.45) is 3.34. The molecule has 31 heavy (non-hydrogen) atoms. The van der Waals surface area contributed by atoms with E-state index < -0.39 is 9.84 Å². The second-order valence-corrected chi connectivity index (χ2v) is 10.1. The number of aliphatic imine (C=N–C) groups is 1. The summed E-state index contributed by atoms with van der Waals surface area (Å²) in [7, 11) is -1.04. The molecule has 0 radical (unpaired) electrons. The molecule has 178 valence electrons. The van der Waals surface area contributed by atoms with Crippen molar-refractivity contribution in [3.63, 3.8) is 0 Å². The lowest BCUT2D eigenvalue weighted by molar-refractivity contribution is 0.152. The van der Waals surface area contributed by atoms with Gasteiger partial charge in [0.25, 0.3) is 0 Å². The SMILES string of the molecule is CCNC(=NCc1cc(F)ccc1CS(C)(=O)=O)NCCCCN1CCN(C)CC1.I. The second kappa shape index (κ2) is 14.2. The zero-order chi connectivity index (χ0) is 22.0. The van der Waals surface area contributed by atoms with Crippen LogP contribution >= 0.6 is 24.0 Å². The standard InChI is InChI=1S/C21H36FN5O2S.HI/c1-4-23-21(24-9-5-6-10-27-13-11-26(2)12-14-27)25-16-19-15-20(22)8-7-18(19)17-30(3,28)29;/h7-8,15H,4-6,9-14,16-17H2,1-3H3,(H2,23,24,25);1H. The number of sulfone groups is 1. The van der Waals surface area contributed by atoms with Gasteiger partial charge in [-0.05, 0) is 56.6 Å². The summed E-state index contributed by atoms with van der Waals surface area (Å²) in [5, 5.41) is 6.51. The predicted octanol–water partition coefficient (Wildman–Crippen LogP) is 2.07. The Bertz CT molecular complexity index is 799. The van der Waals surface area contributed by atoms with Crippen molar-refractivity contribution in [1.29, 1.82) is 0 Å². The van der Waals surface area contributed by atoms with Gasteiger partial charge >= 0.3 is 0 Å². The number of guanidine groups is 1. The summed E-state index contributed by atoms with van der Waals surface area (Å²) >= 11 is 0. The Hall–Kier alpha value is -0.980. The number of benzene rings is 1. The van der Waals surface area contributed by atoms with Crippen LogP contribution in [0, 0.1) is 5.82 Å². The highest BCUT2D eigenvalue weighted by Gasteiger charge is 2.13. The summed E-state index contributed by atoms with van der Waals surface area (Å²) in [5.41, 5.74) is 1.18. The Labute approximate surface area is 203 Å². The topological polar surface area (TPSA) is 77.0 Å². The molecule has 0 bridgehead atoms. The van der Waals surface area contributed by atoms with Crippen LogP contribution in [-0.2, 0) is 22.1 Å². The zero-order valence-electron chi connectivity index (χ0n) is 18.9. The third-order valence-electron chi connectivity index (χ3n) is 5.13. The second-order valence-electron chi connectivity index (χ2n) is 7.96. The lowest BCUT2D eigenvalue weighted by Gasteiger charge is -2.32. The van der Waals surface area contributed by atoms with Gasteiger partial charge in [-0.1, -0.05) is 6.07 Å². The lowest BCUT2D eigenvalue weighted by atomic mass is 10.1. The molecule has 1 saturated heterocycles. The van der Waals surface area contributed by atoms with E-state index in [0.717, 1.165) is 52.1 Å². The van der Waals surface area contributed by atoms with Gasteiger partial charge in [-0.15, -0.1) is 24.0 Å². The monoisotopic (exact) mass is 569 g/mol. The fourth-order valence-electron chi connectivity index (χ4n) is 3.41. The third kappa shape index (κ3) is 11.4. The smallest absolute Gasteiger partial charge is 0.191 e. The molecule has 0 unspecified atom stereocenters. The van der Waals surface area contributed by atoms with Crippen molar-refractivity contribution in [2.75, 3.05) is 59.1 Å². The van der Waals surface area contributed by atoms with Crippen LogP contribution in [0.15, 0.2) is 23.2 Å². The number of nitrogens with one attached hydrogen (secondary N) is 2. The maximum Gasteiger partial charge on any atom is 0.191 e. The van der Waals surface area contributed by atoms with Gasteiger partial charge in [0.1, 0.15) is 5.82 Å². The van der Waals surface area contributed by atoms with Crippen molar-refractivity contribution in [1.82, 2.24) is 20.4 Å². The summed E-state index contributed by atoms with van der Waals surface area (Å²) < 4.78 is 37.0. The van der Waals surface area contributed by atoms with Crippen molar-refractivity contribution in [2.45, 2.75) is 32.1 Å². The first-order chi connectivity index (χ1) is 14.3. The van der Waals surface area contributed by atoms with Crippen LogP contribution in [0.4, 0.5) is 4.39 Å². The van der Waals surface area contributed by atoms with Crippen LogP contribution in [-0.4, -0.2) is 83.3 Å². The molecular weight excluding hydrogens is 532 g/mol. The number of unbranched alkanes of at least 4 members (excludes halogenated alkanes) is 1. The van der Waals surface area contributed by atoms with Gasteiger partial charge in [-0.3, -0.25) is 0 Å². The molecule has 0 aromatic heterocycles. The first-order valence-electron chi connectivity index (χ1n) is 10.6. The summed E-state index contributed by atoms with van der Waals surface area (Å²) in [6.45, 7) is 9.39. The number of nitrogens with zero attached hydrogens (tertiary/aromatic N) is 3. The summed E-state index contributed by atoms with van der Waals surface area (Å²) in [5.74, 6) is 0.153. The minimum absolute atomic E-state index is 0. The summed E-state index contributed by atoms with van der Waals surface area (Å²) in [4.78, 5) is 9.39. The molecule has 0 spiro atoms. The van der Waals surface area contributed by atoms with Gasteiger partial charge in [-0.25, -0.2) is 17.8 Å². The highest BCUT2D eigenvalue weighted by Crippen LogP contribution is 2.15. The van der Waals surface area contributed by atoms with Crippen LogP contribution in [0.1, 0.15) is 30.9 Å². The van der Waals surface area contributed by atoms with E-state index in [1.54, 1.807) is 0 Å². The number of hydrogen-bond acceptors (Lipinski definition) is 5. The molecule has 0 atom stereocenters. The average Bonchev–Trinajstić information content (AvgIpc) is 2.68. The first-order valence-corrected chi connectivity index (χ1v) is 12.7. The van der Waals surface area contributed by atoms with Crippen molar-refractivity contribution < 1.29 is 12.8 Å². The average molecular weight is 570 g/mol. The molecule has 1 aromatic carbocycles.